The molecule has 0 saturated heterocycles. The number of aromatic nitrogens is 1. The highest BCUT2D eigenvalue weighted by Gasteiger charge is 2.24. The van der Waals surface area contributed by atoms with Crippen LogP contribution in [0.4, 0.5) is 4.79 Å². The van der Waals surface area contributed by atoms with Gasteiger partial charge in [0.15, 0.2) is 5.75 Å². The molecule has 186 valence electrons. The molecule has 4 aromatic rings. The molecule has 0 atom stereocenters. The molecule has 0 saturated carbocycles. The van der Waals surface area contributed by atoms with E-state index in [0.29, 0.717) is 38.5 Å². The molecule has 0 radical (unpaired) electrons. The number of halogens is 1. The molecule has 0 fully saturated rings. The topological polar surface area (TPSA) is 77.9 Å². The van der Waals surface area contributed by atoms with Gasteiger partial charge in [-0.3, -0.25) is 4.98 Å². The van der Waals surface area contributed by atoms with Gasteiger partial charge in [0.25, 0.3) is 0 Å². The largest absolute Gasteiger partial charge is 0.514 e. The number of hydrogen-bond acceptors (Lipinski definition) is 6. The Morgan fingerprint density at radius 3 is 2.17 bits per heavy atom. The first-order chi connectivity index (χ1) is 17.0. The minimum atomic E-state index is -0.836. The van der Waals surface area contributed by atoms with Crippen LogP contribution in [0.15, 0.2) is 60.7 Å². The van der Waals surface area contributed by atoms with E-state index in [9.17, 15) is 9.90 Å². The molecule has 0 unspecified atom stereocenters. The van der Waals surface area contributed by atoms with Crippen molar-refractivity contribution in [2.24, 2.45) is 0 Å². The third kappa shape index (κ3) is 5.78. The van der Waals surface area contributed by atoms with Crippen LogP contribution < -0.4 is 9.47 Å². The van der Waals surface area contributed by atoms with E-state index in [0.717, 1.165) is 16.9 Å². The molecule has 0 aliphatic heterocycles. The molecule has 1 aromatic heterocycles. The lowest BCUT2D eigenvalue weighted by Gasteiger charge is -2.21. The van der Waals surface area contributed by atoms with Crippen LogP contribution >= 0.6 is 11.6 Å². The monoisotopic (exact) mass is 505 g/mol. The quantitative estimate of drug-likeness (QED) is 0.279. The second-order valence-corrected chi connectivity index (χ2v) is 9.93. The highest BCUT2D eigenvalue weighted by atomic mass is 35.5. The predicted molar refractivity (Wildman–Crippen MR) is 141 cm³/mol. The Hall–Kier alpha value is -3.61. The maximum atomic E-state index is 12.7. The summed E-state index contributed by atoms with van der Waals surface area (Å²) in [4.78, 5) is 17.4. The molecule has 7 heteroatoms. The van der Waals surface area contributed by atoms with E-state index in [4.69, 9.17) is 30.8 Å². The summed E-state index contributed by atoms with van der Waals surface area (Å²) < 4.78 is 17.2. The van der Waals surface area contributed by atoms with Gasteiger partial charge in [-0.25, -0.2) is 4.79 Å². The molecule has 3 aromatic carbocycles. The van der Waals surface area contributed by atoms with Crippen LogP contribution in [-0.2, 0) is 11.3 Å². The van der Waals surface area contributed by atoms with E-state index in [1.54, 1.807) is 32.9 Å². The average Bonchev–Trinajstić information content (AvgIpc) is 2.80. The first-order valence-electron chi connectivity index (χ1n) is 11.5. The van der Waals surface area contributed by atoms with Crippen molar-refractivity contribution in [2.45, 2.75) is 46.8 Å². The number of aryl methyl sites for hydroxylation is 2. The first kappa shape index (κ1) is 25.5. The van der Waals surface area contributed by atoms with E-state index >= 15 is 0 Å². The Labute approximate surface area is 215 Å². The van der Waals surface area contributed by atoms with Gasteiger partial charge < -0.3 is 19.3 Å². The zero-order valence-electron chi connectivity index (χ0n) is 20.9. The van der Waals surface area contributed by atoms with E-state index in [-0.39, 0.29) is 12.4 Å². The van der Waals surface area contributed by atoms with Gasteiger partial charge in [0.05, 0.1) is 12.1 Å². The summed E-state index contributed by atoms with van der Waals surface area (Å²) in [6.45, 7) is 8.92. The average molecular weight is 506 g/mol. The second kappa shape index (κ2) is 10.2. The fraction of sp³-hybridized carbons (Fsp3) is 0.241. The Balaban J connectivity index is 1.79. The number of fused-ring (bicyclic) bond motifs is 1. The van der Waals surface area contributed by atoms with Crippen molar-refractivity contribution in [3.8, 4) is 28.4 Å². The van der Waals surface area contributed by atoms with Gasteiger partial charge in [-0.2, -0.15) is 0 Å². The van der Waals surface area contributed by atoms with Gasteiger partial charge in [0.1, 0.15) is 17.1 Å². The lowest BCUT2D eigenvalue weighted by molar-refractivity contribution is 0.0210. The smallest absolute Gasteiger partial charge is 0.457 e. The zero-order valence-corrected chi connectivity index (χ0v) is 21.6. The summed E-state index contributed by atoms with van der Waals surface area (Å²) in [6.07, 6.45) is -0.836. The number of carbonyl (C=O) groups is 1. The number of aliphatic hydroxyl groups is 1. The zero-order chi connectivity index (χ0) is 26.0. The summed E-state index contributed by atoms with van der Waals surface area (Å²) in [5.41, 5.74) is 3.54. The predicted octanol–water partition coefficient (Wildman–Crippen LogP) is 7.77. The summed E-state index contributed by atoms with van der Waals surface area (Å²) in [5.74, 6) is 1.68. The molecule has 4 rings (SSSR count). The standard InChI is InChI=1S/C29H28ClNO5/c1-17-6-10-21(11-7-17)34-22-12-8-19(9-13-22)26-18(2)31-25-14-20(16-32)24(30)15-23(25)27(26)35-28(33)36-29(3,4)5/h6-15,32H,16H2,1-5H3. The van der Waals surface area contributed by atoms with Crippen molar-refractivity contribution in [1.82, 2.24) is 4.98 Å². The van der Waals surface area contributed by atoms with Crippen LogP contribution in [0.3, 0.4) is 0 Å². The van der Waals surface area contributed by atoms with E-state index in [2.05, 4.69) is 0 Å². The molecule has 0 aliphatic rings. The van der Waals surface area contributed by atoms with Gasteiger partial charge >= 0.3 is 6.16 Å². The van der Waals surface area contributed by atoms with Crippen molar-refractivity contribution in [2.75, 3.05) is 0 Å². The molecule has 0 spiro atoms. The lowest BCUT2D eigenvalue weighted by Crippen LogP contribution is -2.26. The summed E-state index contributed by atoms with van der Waals surface area (Å²) >= 11 is 6.39. The third-order valence-corrected chi connectivity index (χ3v) is 5.78. The normalized spacial score (nSPS) is 11.4. The van der Waals surface area contributed by atoms with Crippen LogP contribution in [-0.4, -0.2) is 21.8 Å². The van der Waals surface area contributed by atoms with Gasteiger partial charge in [-0.15, -0.1) is 0 Å². The van der Waals surface area contributed by atoms with Crippen molar-refractivity contribution >= 4 is 28.7 Å². The van der Waals surface area contributed by atoms with Gasteiger partial charge in [-0.05, 0) is 82.1 Å². The Kier molecular flexibility index (Phi) is 7.20. The highest BCUT2D eigenvalue weighted by Crippen LogP contribution is 2.41. The first-order valence-corrected chi connectivity index (χ1v) is 11.9. The maximum Gasteiger partial charge on any atom is 0.514 e. The number of aliphatic hydroxyl groups excluding tert-OH is 1. The molecule has 6 nitrogen and oxygen atoms in total. The summed E-state index contributed by atoms with van der Waals surface area (Å²) in [5, 5.41) is 10.5. The van der Waals surface area contributed by atoms with Crippen LogP contribution in [0.25, 0.3) is 22.0 Å². The summed E-state index contributed by atoms with van der Waals surface area (Å²) in [6, 6.07) is 18.6. The number of pyridine rings is 1. The molecular formula is C29H28ClNO5. The SMILES string of the molecule is Cc1ccc(Oc2ccc(-c3c(C)nc4cc(CO)c(Cl)cc4c3OC(=O)OC(C)(C)C)cc2)cc1. The van der Waals surface area contributed by atoms with Crippen molar-refractivity contribution in [3.63, 3.8) is 0 Å². The number of hydrogen-bond donors (Lipinski definition) is 1. The van der Waals surface area contributed by atoms with Crippen LogP contribution in [0.1, 0.15) is 37.6 Å². The van der Waals surface area contributed by atoms with Crippen molar-refractivity contribution in [3.05, 3.63) is 82.5 Å². The number of ether oxygens (including phenoxy) is 3. The summed E-state index contributed by atoms with van der Waals surface area (Å²) in [7, 11) is 0. The third-order valence-electron chi connectivity index (χ3n) is 5.43. The van der Waals surface area contributed by atoms with Crippen molar-refractivity contribution < 1.29 is 24.1 Å². The molecule has 0 aliphatic carbocycles. The van der Waals surface area contributed by atoms with Crippen LogP contribution in [0.5, 0.6) is 17.2 Å². The minimum Gasteiger partial charge on any atom is -0.457 e. The van der Waals surface area contributed by atoms with E-state index in [1.165, 1.54) is 0 Å². The number of nitrogens with zero attached hydrogens (tertiary/aromatic N) is 1. The maximum absolute atomic E-state index is 12.7. The molecule has 1 N–H and O–H groups in total. The number of benzene rings is 3. The number of rotatable bonds is 5. The molecular weight excluding hydrogens is 478 g/mol. The van der Waals surface area contributed by atoms with Gasteiger partial charge in [-0.1, -0.05) is 41.4 Å². The van der Waals surface area contributed by atoms with Gasteiger partial charge in [0.2, 0.25) is 0 Å². The highest BCUT2D eigenvalue weighted by molar-refractivity contribution is 6.32. The minimum absolute atomic E-state index is 0.234. The number of carbonyl (C=O) groups excluding carboxylic acids is 1. The second-order valence-electron chi connectivity index (χ2n) is 9.53. The van der Waals surface area contributed by atoms with E-state index in [1.807, 2.05) is 62.4 Å². The van der Waals surface area contributed by atoms with Crippen molar-refractivity contribution in [1.29, 1.82) is 0 Å². The Bertz CT molecular complexity index is 1410. The fourth-order valence-corrected chi connectivity index (χ4v) is 3.99. The lowest BCUT2D eigenvalue weighted by atomic mass is 9.99. The van der Waals surface area contributed by atoms with Crippen LogP contribution in [0.2, 0.25) is 5.02 Å². The molecule has 0 amide bonds. The Morgan fingerprint density at radius 1 is 0.972 bits per heavy atom. The fourth-order valence-electron chi connectivity index (χ4n) is 3.77. The molecule has 1 heterocycles. The molecule has 0 bridgehead atoms. The Morgan fingerprint density at radius 2 is 1.58 bits per heavy atom. The van der Waals surface area contributed by atoms with E-state index < -0.39 is 11.8 Å². The molecule has 36 heavy (non-hydrogen) atoms. The van der Waals surface area contributed by atoms with Crippen LogP contribution in [0, 0.1) is 13.8 Å². The van der Waals surface area contributed by atoms with Gasteiger partial charge in [0, 0.05) is 21.7 Å².